The Bertz CT molecular complexity index is 1070. The Labute approximate surface area is 144 Å². The van der Waals surface area contributed by atoms with Crippen molar-refractivity contribution in [2.75, 3.05) is 0 Å². The highest BCUT2D eigenvalue weighted by molar-refractivity contribution is 9.10. The highest BCUT2D eigenvalue weighted by Crippen LogP contribution is 2.38. The number of hydrogen-bond donors (Lipinski definition) is 0. The van der Waals surface area contributed by atoms with Crippen LogP contribution in [0.4, 0.5) is 5.69 Å². The van der Waals surface area contributed by atoms with Crippen molar-refractivity contribution in [3.05, 3.63) is 75.3 Å². The average molecular weight is 384 g/mol. The minimum atomic E-state index is -0.337. The predicted octanol–water partition coefficient (Wildman–Crippen LogP) is 6.39. The fourth-order valence-corrected chi connectivity index (χ4v) is 4.23. The Morgan fingerprint density at radius 2 is 1.70 bits per heavy atom. The second kappa shape index (κ2) is 5.44. The summed E-state index contributed by atoms with van der Waals surface area (Å²) in [5.74, 6) is 0. The molecule has 0 fully saturated rings. The Balaban J connectivity index is 2.00. The van der Waals surface area contributed by atoms with Gasteiger partial charge in [0.2, 0.25) is 0 Å². The summed E-state index contributed by atoms with van der Waals surface area (Å²) < 4.78 is 3.12. The second-order valence-electron chi connectivity index (χ2n) is 5.23. The minimum absolute atomic E-state index is 0.110. The highest BCUT2D eigenvalue weighted by atomic mass is 79.9. The first kappa shape index (κ1) is 14.4. The maximum Gasteiger partial charge on any atom is 0.278 e. The first-order valence-corrected chi connectivity index (χ1v) is 8.60. The van der Waals surface area contributed by atoms with E-state index in [1.54, 1.807) is 23.5 Å². The fraction of sp³-hybridized carbons (Fsp3) is 0. The van der Waals surface area contributed by atoms with Crippen molar-refractivity contribution in [2.24, 2.45) is 0 Å². The number of nitro groups is 1. The Kier molecular flexibility index (Phi) is 3.39. The van der Waals surface area contributed by atoms with Crippen LogP contribution in [0.15, 0.2) is 65.1 Å². The van der Waals surface area contributed by atoms with Gasteiger partial charge in [0.15, 0.2) is 0 Å². The SMILES string of the molecule is O=[N+]([O-])c1cc(Br)ccc1-c1ccc2sc3ccccc3c2c1. The monoisotopic (exact) mass is 383 g/mol. The highest BCUT2D eigenvalue weighted by Gasteiger charge is 2.16. The van der Waals surface area contributed by atoms with Crippen molar-refractivity contribution in [1.82, 2.24) is 0 Å². The van der Waals surface area contributed by atoms with E-state index in [1.165, 1.54) is 14.8 Å². The van der Waals surface area contributed by atoms with Crippen molar-refractivity contribution < 1.29 is 4.92 Å². The molecule has 0 atom stereocenters. The molecular formula is C18H10BrNO2S. The average Bonchev–Trinajstić information content (AvgIpc) is 2.92. The van der Waals surface area contributed by atoms with E-state index >= 15 is 0 Å². The molecule has 1 aromatic heterocycles. The first-order chi connectivity index (χ1) is 11.1. The molecule has 1 heterocycles. The van der Waals surface area contributed by atoms with Crippen molar-refractivity contribution >= 4 is 53.1 Å². The minimum Gasteiger partial charge on any atom is -0.258 e. The molecule has 0 radical (unpaired) electrons. The molecule has 0 spiro atoms. The largest absolute Gasteiger partial charge is 0.278 e. The van der Waals surface area contributed by atoms with Crippen LogP contribution in [-0.4, -0.2) is 4.92 Å². The molecule has 0 unspecified atom stereocenters. The number of fused-ring (bicyclic) bond motifs is 3. The molecule has 3 aromatic carbocycles. The van der Waals surface area contributed by atoms with Gasteiger partial charge in [0.1, 0.15) is 0 Å². The topological polar surface area (TPSA) is 43.1 Å². The third kappa shape index (κ3) is 2.42. The quantitative estimate of drug-likeness (QED) is 0.297. The lowest BCUT2D eigenvalue weighted by Gasteiger charge is -2.04. The molecular weight excluding hydrogens is 374 g/mol. The smallest absolute Gasteiger partial charge is 0.258 e. The van der Waals surface area contributed by atoms with E-state index in [0.29, 0.717) is 10.0 Å². The van der Waals surface area contributed by atoms with Gasteiger partial charge in [-0.2, -0.15) is 0 Å². The van der Waals surface area contributed by atoms with Gasteiger partial charge in [-0.15, -0.1) is 11.3 Å². The summed E-state index contributed by atoms with van der Waals surface area (Å²) >= 11 is 5.04. The molecule has 3 nitrogen and oxygen atoms in total. The fourth-order valence-electron chi connectivity index (χ4n) is 2.79. The molecule has 0 aliphatic heterocycles. The molecule has 0 N–H and O–H groups in total. The molecule has 0 saturated carbocycles. The van der Waals surface area contributed by atoms with Gasteiger partial charge in [-0.1, -0.05) is 40.2 Å². The molecule has 23 heavy (non-hydrogen) atoms. The lowest BCUT2D eigenvalue weighted by Crippen LogP contribution is -1.92. The maximum atomic E-state index is 11.4. The molecule has 0 aliphatic carbocycles. The van der Waals surface area contributed by atoms with Gasteiger partial charge in [-0.05, 0) is 35.9 Å². The van der Waals surface area contributed by atoms with Crippen LogP contribution in [0.2, 0.25) is 0 Å². The summed E-state index contributed by atoms with van der Waals surface area (Å²) in [7, 11) is 0. The third-order valence-electron chi connectivity index (χ3n) is 3.84. The zero-order chi connectivity index (χ0) is 16.0. The Hall–Kier alpha value is -2.24. The van der Waals surface area contributed by atoms with E-state index in [1.807, 2.05) is 36.4 Å². The summed E-state index contributed by atoms with van der Waals surface area (Å²) in [4.78, 5) is 11.0. The van der Waals surface area contributed by atoms with Gasteiger partial charge >= 0.3 is 0 Å². The summed E-state index contributed by atoms with van der Waals surface area (Å²) in [6, 6.07) is 19.4. The maximum absolute atomic E-state index is 11.4. The number of thiophene rings is 1. The van der Waals surface area contributed by atoms with Gasteiger partial charge in [-0.3, -0.25) is 10.1 Å². The zero-order valence-corrected chi connectivity index (χ0v) is 14.2. The molecule has 4 rings (SSSR count). The summed E-state index contributed by atoms with van der Waals surface area (Å²) in [6.45, 7) is 0. The second-order valence-corrected chi connectivity index (χ2v) is 7.23. The summed E-state index contributed by atoms with van der Waals surface area (Å²) in [5.41, 5.74) is 1.61. The lowest BCUT2D eigenvalue weighted by atomic mass is 10.0. The Morgan fingerprint density at radius 1 is 0.913 bits per heavy atom. The van der Waals surface area contributed by atoms with Crippen LogP contribution in [0.1, 0.15) is 0 Å². The van der Waals surface area contributed by atoms with Crippen LogP contribution >= 0.6 is 27.3 Å². The van der Waals surface area contributed by atoms with E-state index in [2.05, 4.69) is 28.1 Å². The molecule has 0 bridgehead atoms. The van der Waals surface area contributed by atoms with Crippen molar-refractivity contribution in [2.45, 2.75) is 0 Å². The standard InChI is InChI=1S/C18H10BrNO2S/c19-12-6-7-13(16(10-12)20(21)22)11-5-8-18-15(9-11)14-3-1-2-4-17(14)23-18/h1-10H. The number of rotatable bonds is 2. The zero-order valence-electron chi connectivity index (χ0n) is 11.8. The van der Waals surface area contributed by atoms with Crippen LogP contribution in [0.5, 0.6) is 0 Å². The molecule has 4 aromatic rings. The van der Waals surface area contributed by atoms with Crippen LogP contribution in [0, 0.1) is 10.1 Å². The number of halogens is 1. The van der Waals surface area contributed by atoms with Crippen molar-refractivity contribution in [3.8, 4) is 11.1 Å². The molecule has 0 saturated heterocycles. The van der Waals surface area contributed by atoms with Gasteiger partial charge in [0.25, 0.3) is 5.69 Å². The number of nitro benzene ring substituents is 1. The molecule has 112 valence electrons. The summed E-state index contributed by atoms with van der Waals surface area (Å²) in [5, 5.41) is 13.7. The third-order valence-corrected chi connectivity index (χ3v) is 5.49. The molecule has 0 aliphatic rings. The van der Waals surface area contributed by atoms with Crippen LogP contribution in [0.25, 0.3) is 31.3 Å². The number of benzene rings is 3. The van der Waals surface area contributed by atoms with Crippen LogP contribution in [0.3, 0.4) is 0 Å². The van der Waals surface area contributed by atoms with E-state index < -0.39 is 0 Å². The van der Waals surface area contributed by atoms with Crippen molar-refractivity contribution in [1.29, 1.82) is 0 Å². The first-order valence-electron chi connectivity index (χ1n) is 6.99. The molecule has 0 amide bonds. The number of hydrogen-bond acceptors (Lipinski definition) is 3. The normalized spacial score (nSPS) is 11.2. The van der Waals surface area contributed by atoms with E-state index in [0.717, 1.165) is 10.9 Å². The van der Waals surface area contributed by atoms with E-state index in [4.69, 9.17) is 0 Å². The van der Waals surface area contributed by atoms with Crippen molar-refractivity contribution in [3.63, 3.8) is 0 Å². The van der Waals surface area contributed by atoms with Crippen LogP contribution in [-0.2, 0) is 0 Å². The molecule has 5 heteroatoms. The van der Waals surface area contributed by atoms with Gasteiger partial charge < -0.3 is 0 Å². The number of nitrogens with zero attached hydrogens (tertiary/aromatic N) is 1. The van der Waals surface area contributed by atoms with Crippen LogP contribution < -0.4 is 0 Å². The Morgan fingerprint density at radius 3 is 2.52 bits per heavy atom. The lowest BCUT2D eigenvalue weighted by molar-refractivity contribution is -0.384. The van der Waals surface area contributed by atoms with Gasteiger partial charge in [0, 0.05) is 30.7 Å². The van der Waals surface area contributed by atoms with E-state index in [-0.39, 0.29) is 10.6 Å². The predicted molar refractivity (Wildman–Crippen MR) is 99.1 cm³/mol. The van der Waals surface area contributed by atoms with Gasteiger partial charge in [-0.25, -0.2) is 0 Å². The van der Waals surface area contributed by atoms with Gasteiger partial charge in [0.05, 0.1) is 10.5 Å². The summed E-state index contributed by atoms with van der Waals surface area (Å²) in [6.07, 6.45) is 0. The van der Waals surface area contributed by atoms with E-state index in [9.17, 15) is 10.1 Å².